The molecule has 0 radical (unpaired) electrons. The molecule has 37 heavy (non-hydrogen) atoms. The summed E-state index contributed by atoms with van der Waals surface area (Å²) >= 11 is 1.40. The Kier molecular flexibility index (Phi) is 7.32. The number of nitrogens with zero attached hydrogens (tertiary/aromatic N) is 7. The third kappa shape index (κ3) is 5.27. The minimum Gasteiger partial charge on any atom is -0.494 e. The molecule has 4 aromatic rings. The summed E-state index contributed by atoms with van der Waals surface area (Å²) in [4.78, 5) is 14.2. The predicted octanol–water partition coefficient (Wildman–Crippen LogP) is 2.98. The van der Waals surface area contributed by atoms with Crippen molar-refractivity contribution in [2.45, 2.75) is 17.8 Å². The number of hydrogen-bond acceptors (Lipinski definition) is 11. The Morgan fingerprint density at radius 2 is 1.78 bits per heavy atom. The van der Waals surface area contributed by atoms with Gasteiger partial charge in [-0.2, -0.15) is 0 Å². The number of pyridine rings is 1. The summed E-state index contributed by atoms with van der Waals surface area (Å²) in [6.07, 6.45) is 5.57. The van der Waals surface area contributed by atoms with E-state index in [2.05, 4.69) is 29.9 Å². The number of aromatic nitrogens is 6. The Labute approximate surface area is 216 Å². The molecule has 0 saturated carbocycles. The second-order valence-corrected chi connectivity index (χ2v) is 9.38. The van der Waals surface area contributed by atoms with E-state index in [4.69, 9.17) is 9.47 Å². The second kappa shape index (κ2) is 11.0. The summed E-state index contributed by atoms with van der Waals surface area (Å²) in [5, 5.41) is 19.3. The third-order valence-corrected chi connectivity index (χ3v) is 6.78. The van der Waals surface area contributed by atoms with Gasteiger partial charge in [-0.15, -0.1) is 10.2 Å². The summed E-state index contributed by atoms with van der Waals surface area (Å²) < 4.78 is 29.7. The van der Waals surface area contributed by atoms with Gasteiger partial charge in [0, 0.05) is 36.3 Å². The minimum absolute atomic E-state index is 0.0519. The fourth-order valence-electron chi connectivity index (χ4n) is 4.18. The molecule has 1 saturated heterocycles. The van der Waals surface area contributed by atoms with Crippen molar-refractivity contribution in [1.29, 1.82) is 0 Å². The van der Waals surface area contributed by atoms with E-state index in [0.29, 0.717) is 54.4 Å². The predicted molar refractivity (Wildman–Crippen MR) is 138 cm³/mol. The first kappa shape index (κ1) is 24.7. The zero-order chi connectivity index (χ0) is 25.8. The van der Waals surface area contributed by atoms with Gasteiger partial charge in [0.15, 0.2) is 11.6 Å². The molecule has 13 heteroatoms. The van der Waals surface area contributed by atoms with Gasteiger partial charge in [0.25, 0.3) is 0 Å². The number of benzene rings is 1. The number of nitrogens with one attached hydrogen (secondary N) is 1. The lowest BCUT2D eigenvalue weighted by Crippen LogP contribution is -2.45. The van der Waals surface area contributed by atoms with Crippen molar-refractivity contribution in [3.63, 3.8) is 0 Å². The van der Waals surface area contributed by atoms with Gasteiger partial charge in [-0.25, -0.2) is 14.4 Å². The van der Waals surface area contributed by atoms with Crippen molar-refractivity contribution in [3.05, 3.63) is 60.9 Å². The highest BCUT2D eigenvalue weighted by Gasteiger charge is 2.29. The van der Waals surface area contributed by atoms with E-state index in [-0.39, 0.29) is 5.25 Å². The number of ether oxygens (including phenoxy) is 2. The lowest BCUT2D eigenvalue weighted by molar-refractivity contribution is 0.156. The van der Waals surface area contributed by atoms with E-state index in [0.717, 1.165) is 18.0 Å². The fourth-order valence-corrected chi connectivity index (χ4v) is 5.15. The molecule has 1 aliphatic rings. The maximum absolute atomic E-state index is 13.3. The molecule has 1 fully saturated rings. The first-order chi connectivity index (χ1) is 18.1. The van der Waals surface area contributed by atoms with Crippen LogP contribution in [-0.2, 0) is 0 Å². The van der Waals surface area contributed by atoms with E-state index in [1.54, 1.807) is 26.6 Å². The number of methoxy groups -OCH3 is 2. The van der Waals surface area contributed by atoms with E-state index in [1.165, 1.54) is 11.9 Å². The van der Waals surface area contributed by atoms with E-state index in [1.807, 2.05) is 39.8 Å². The molecule has 0 amide bonds. The Bertz CT molecular complexity index is 1320. The SMILES string of the molecule is COc1cccc(OC)c1-n1c(NSC2CC(O)CN(c3ncc(F)cn3)C2)nnc1-c1cccnc1. The quantitative estimate of drug-likeness (QED) is 0.331. The molecule has 4 heterocycles. The van der Waals surface area contributed by atoms with Crippen LogP contribution in [0.3, 0.4) is 0 Å². The number of β-amino-alcohol motifs (C(OH)–C–C–N with tert-alkyl or cyclic N) is 1. The largest absolute Gasteiger partial charge is 0.494 e. The van der Waals surface area contributed by atoms with Crippen molar-refractivity contribution < 1.29 is 19.0 Å². The average Bonchev–Trinajstić information content (AvgIpc) is 3.35. The van der Waals surface area contributed by atoms with Crippen LogP contribution >= 0.6 is 11.9 Å². The Morgan fingerprint density at radius 1 is 1.03 bits per heavy atom. The molecule has 5 rings (SSSR count). The van der Waals surface area contributed by atoms with Crippen LogP contribution in [0, 0.1) is 5.82 Å². The van der Waals surface area contributed by atoms with Gasteiger partial charge < -0.3 is 19.5 Å². The van der Waals surface area contributed by atoms with Gasteiger partial charge in [-0.3, -0.25) is 14.3 Å². The smallest absolute Gasteiger partial charge is 0.239 e. The fraction of sp³-hybridized carbons (Fsp3) is 0.292. The van der Waals surface area contributed by atoms with Crippen LogP contribution < -0.4 is 19.1 Å². The van der Waals surface area contributed by atoms with Crippen LogP contribution in [0.5, 0.6) is 11.5 Å². The van der Waals surface area contributed by atoms with Gasteiger partial charge in [0.2, 0.25) is 11.9 Å². The molecular weight excluding hydrogens is 499 g/mol. The Balaban J connectivity index is 1.46. The van der Waals surface area contributed by atoms with Crippen molar-refractivity contribution in [3.8, 4) is 28.6 Å². The molecule has 192 valence electrons. The number of anilines is 2. The van der Waals surface area contributed by atoms with Gasteiger partial charge in [0.05, 0.1) is 32.7 Å². The molecule has 0 bridgehead atoms. The number of rotatable bonds is 8. The zero-order valence-corrected chi connectivity index (χ0v) is 21.0. The van der Waals surface area contributed by atoms with Crippen molar-refractivity contribution in [2.24, 2.45) is 0 Å². The minimum atomic E-state index is -0.597. The molecule has 3 aromatic heterocycles. The number of piperidine rings is 1. The van der Waals surface area contributed by atoms with Gasteiger partial charge in [0.1, 0.15) is 17.2 Å². The molecule has 0 spiro atoms. The number of para-hydroxylation sites is 1. The molecule has 2 unspecified atom stereocenters. The molecule has 2 atom stereocenters. The molecule has 1 aliphatic heterocycles. The lowest BCUT2D eigenvalue weighted by Gasteiger charge is -2.35. The third-order valence-electron chi connectivity index (χ3n) is 5.80. The van der Waals surface area contributed by atoms with Crippen molar-refractivity contribution in [2.75, 3.05) is 36.9 Å². The van der Waals surface area contributed by atoms with Gasteiger partial charge in [-0.1, -0.05) is 6.07 Å². The van der Waals surface area contributed by atoms with Crippen LogP contribution in [0.2, 0.25) is 0 Å². The summed E-state index contributed by atoms with van der Waals surface area (Å²) in [7, 11) is 3.17. The van der Waals surface area contributed by atoms with Crippen molar-refractivity contribution >= 4 is 23.8 Å². The number of aliphatic hydroxyl groups is 1. The Hall–Kier alpha value is -3.97. The van der Waals surface area contributed by atoms with Gasteiger partial charge >= 0.3 is 0 Å². The molecule has 11 nitrogen and oxygen atoms in total. The molecular formula is C24H25FN8O3S. The zero-order valence-electron chi connectivity index (χ0n) is 20.2. The monoisotopic (exact) mass is 524 g/mol. The summed E-state index contributed by atoms with van der Waals surface area (Å²) in [5.74, 6) is 1.99. The van der Waals surface area contributed by atoms with Gasteiger partial charge in [-0.05, 0) is 42.6 Å². The van der Waals surface area contributed by atoms with Crippen molar-refractivity contribution in [1.82, 2.24) is 29.7 Å². The lowest BCUT2D eigenvalue weighted by atomic mass is 10.1. The highest BCUT2D eigenvalue weighted by Crippen LogP contribution is 2.38. The summed E-state index contributed by atoms with van der Waals surface area (Å²) in [6, 6.07) is 9.22. The number of hydrogen-bond donors (Lipinski definition) is 2. The topological polar surface area (TPSA) is 123 Å². The molecule has 0 aliphatic carbocycles. The average molecular weight is 525 g/mol. The maximum atomic E-state index is 13.3. The first-order valence-corrected chi connectivity index (χ1v) is 12.3. The number of halogens is 1. The van der Waals surface area contributed by atoms with E-state index < -0.39 is 11.9 Å². The highest BCUT2D eigenvalue weighted by atomic mass is 32.2. The summed E-state index contributed by atoms with van der Waals surface area (Å²) in [5.41, 5.74) is 1.39. The summed E-state index contributed by atoms with van der Waals surface area (Å²) in [6.45, 7) is 0.907. The standard InChI is InChI=1S/C24H25FN8O3S/c1-35-19-6-3-7-20(36-2)21(19)33-22(15-5-4-8-26-10-15)29-30-24(33)31-37-18-9-17(34)13-32(14-18)23-27-11-16(25)12-28-23/h3-8,10-12,17-18,34H,9,13-14H2,1-2H3,(H,30,31). The van der Waals surface area contributed by atoms with Crippen LogP contribution in [0.4, 0.5) is 16.3 Å². The molecule has 1 aromatic carbocycles. The highest BCUT2D eigenvalue weighted by molar-refractivity contribution is 8.01. The van der Waals surface area contributed by atoms with E-state index >= 15 is 0 Å². The van der Waals surface area contributed by atoms with E-state index in [9.17, 15) is 9.50 Å². The second-order valence-electron chi connectivity index (χ2n) is 8.27. The number of aliphatic hydroxyl groups excluding tert-OH is 1. The van der Waals surface area contributed by atoms with Crippen LogP contribution in [-0.4, -0.2) is 73.5 Å². The molecule has 2 N–H and O–H groups in total. The Morgan fingerprint density at radius 3 is 2.46 bits per heavy atom. The first-order valence-electron chi connectivity index (χ1n) is 11.5. The van der Waals surface area contributed by atoms with Crippen LogP contribution in [0.25, 0.3) is 17.1 Å². The normalized spacial score (nSPS) is 17.5. The maximum Gasteiger partial charge on any atom is 0.239 e. The van der Waals surface area contributed by atoms with Crippen LogP contribution in [0.15, 0.2) is 55.1 Å². The van der Waals surface area contributed by atoms with Crippen LogP contribution in [0.1, 0.15) is 6.42 Å².